The minimum Gasteiger partial charge on any atom is -0.390 e. The minimum atomic E-state index is -0.521. The van der Waals surface area contributed by atoms with Crippen molar-refractivity contribution in [1.82, 2.24) is 0 Å². The average molecular weight is 387 g/mol. The predicted molar refractivity (Wildman–Crippen MR) is 118 cm³/mol. The van der Waals surface area contributed by atoms with Gasteiger partial charge in [-0.25, -0.2) is 0 Å². The van der Waals surface area contributed by atoms with E-state index < -0.39 is 5.60 Å². The topological polar surface area (TPSA) is 40.5 Å². The first kappa shape index (κ1) is 21.8. The van der Waals surface area contributed by atoms with Crippen LogP contribution in [0, 0.1) is 17.3 Å². The van der Waals surface area contributed by atoms with Gasteiger partial charge in [0.05, 0.1) is 11.7 Å². The van der Waals surface area contributed by atoms with Crippen LogP contribution < -0.4 is 0 Å². The van der Waals surface area contributed by atoms with Crippen molar-refractivity contribution in [2.75, 3.05) is 0 Å². The summed E-state index contributed by atoms with van der Waals surface area (Å²) in [6.07, 6.45) is 19.9. The molecule has 1 fully saturated rings. The van der Waals surface area contributed by atoms with E-state index in [-0.39, 0.29) is 6.10 Å². The maximum absolute atomic E-state index is 10.1. The maximum atomic E-state index is 10.1. The van der Waals surface area contributed by atoms with E-state index in [4.69, 9.17) is 0 Å². The smallest absolute Gasteiger partial charge is 0.0753 e. The molecule has 0 aliphatic heterocycles. The summed E-state index contributed by atoms with van der Waals surface area (Å²) in [4.78, 5) is 0. The molecule has 4 atom stereocenters. The number of fused-ring (bicyclic) bond motifs is 1. The summed E-state index contributed by atoms with van der Waals surface area (Å²) >= 11 is 0. The van der Waals surface area contributed by atoms with Gasteiger partial charge in [0, 0.05) is 0 Å². The molecule has 0 spiro atoms. The van der Waals surface area contributed by atoms with Crippen LogP contribution in [-0.2, 0) is 0 Å². The molecule has 0 aromatic carbocycles. The van der Waals surface area contributed by atoms with Crippen molar-refractivity contribution in [2.45, 2.75) is 110 Å². The zero-order valence-corrected chi connectivity index (χ0v) is 18.6. The third-order valence-electron chi connectivity index (χ3n) is 8.00. The van der Waals surface area contributed by atoms with Gasteiger partial charge in [0.25, 0.3) is 0 Å². The number of hydrogen-bond donors (Lipinski definition) is 2. The molecule has 0 aromatic heterocycles. The summed E-state index contributed by atoms with van der Waals surface area (Å²) in [5.41, 5.74) is 4.00. The van der Waals surface area contributed by atoms with Gasteiger partial charge in [0.2, 0.25) is 0 Å². The van der Waals surface area contributed by atoms with E-state index in [9.17, 15) is 10.2 Å². The Hall–Kier alpha value is -0.860. The largest absolute Gasteiger partial charge is 0.390 e. The number of unbranched alkanes of at least 4 members (excludes halogenated alkanes) is 1. The Bertz CT molecular complexity index is 633. The Kier molecular flexibility index (Phi) is 6.92. The summed E-state index contributed by atoms with van der Waals surface area (Å²) in [5.74, 6) is 1.53. The highest BCUT2D eigenvalue weighted by Gasteiger charge is 2.47. The second-order valence-electron chi connectivity index (χ2n) is 10.6. The quantitative estimate of drug-likeness (QED) is 0.491. The normalized spacial score (nSPS) is 34.1. The lowest BCUT2D eigenvalue weighted by Crippen LogP contribution is -2.32. The van der Waals surface area contributed by atoms with E-state index in [1.807, 2.05) is 13.8 Å². The van der Waals surface area contributed by atoms with Crippen LogP contribution in [0.15, 0.2) is 34.9 Å². The Balaban J connectivity index is 1.62. The SMILES string of the molecule is CC1=C(/C=C/C2=CCC[C@]3(C)C(CCCCC(C)(C)O)CCC23)CCCC1O. The Morgan fingerprint density at radius 2 is 1.96 bits per heavy atom. The van der Waals surface area contributed by atoms with Crippen LogP contribution in [0.25, 0.3) is 0 Å². The molecule has 3 unspecified atom stereocenters. The van der Waals surface area contributed by atoms with Crippen LogP contribution in [0.3, 0.4) is 0 Å². The van der Waals surface area contributed by atoms with Crippen molar-refractivity contribution < 1.29 is 10.2 Å². The summed E-state index contributed by atoms with van der Waals surface area (Å²) < 4.78 is 0. The molecule has 0 heterocycles. The highest BCUT2D eigenvalue weighted by molar-refractivity contribution is 5.36. The number of aliphatic hydroxyl groups excluding tert-OH is 1. The number of aliphatic hydroxyl groups is 2. The zero-order valence-electron chi connectivity index (χ0n) is 18.6. The van der Waals surface area contributed by atoms with Crippen LogP contribution in [0.5, 0.6) is 0 Å². The summed E-state index contributed by atoms with van der Waals surface area (Å²) in [6, 6.07) is 0. The summed E-state index contributed by atoms with van der Waals surface area (Å²) in [7, 11) is 0. The van der Waals surface area contributed by atoms with E-state index in [1.54, 1.807) is 5.57 Å². The van der Waals surface area contributed by atoms with E-state index in [0.29, 0.717) is 11.3 Å². The molecule has 0 radical (unpaired) electrons. The van der Waals surface area contributed by atoms with Crippen molar-refractivity contribution in [2.24, 2.45) is 17.3 Å². The molecule has 2 N–H and O–H groups in total. The molecule has 0 saturated heterocycles. The van der Waals surface area contributed by atoms with Gasteiger partial charge in [-0.15, -0.1) is 0 Å². The fourth-order valence-electron chi connectivity index (χ4n) is 6.06. The number of hydrogen-bond acceptors (Lipinski definition) is 2. The Morgan fingerprint density at radius 3 is 2.71 bits per heavy atom. The molecule has 0 amide bonds. The molecule has 2 nitrogen and oxygen atoms in total. The van der Waals surface area contributed by atoms with Crippen molar-refractivity contribution in [3.8, 4) is 0 Å². The van der Waals surface area contributed by atoms with Gasteiger partial charge < -0.3 is 10.2 Å². The zero-order chi connectivity index (χ0) is 20.4. The van der Waals surface area contributed by atoms with Gasteiger partial charge in [-0.3, -0.25) is 0 Å². The molecule has 158 valence electrons. The van der Waals surface area contributed by atoms with Crippen molar-refractivity contribution >= 4 is 0 Å². The van der Waals surface area contributed by atoms with Crippen molar-refractivity contribution in [1.29, 1.82) is 0 Å². The highest BCUT2D eigenvalue weighted by atomic mass is 16.3. The minimum absolute atomic E-state index is 0.237. The predicted octanol–water partition coefficient (Wildman–Crippen LogP) is 6.49. The number of rotatable bonds is 7. The third-order valence-corrected chi connectivity index (χ3v) is 8.00. The van der Waals surface area contributed by atoms with Crippen molar-refractivity contribution in [3.05, 3.63) is 34.9 Å². The molecule has 3 aliphatic rings. The lowest BCUT2D eigenvalue weighted by molar-refractivity contribution is 0.0663. The van der Waals surface area contributed by atoms with Gasteiger partial charge in [0.15, 0.2) is 0 Å². The third kappa shape index (κ3) is 5.00. The van der Waals surface area contributed by atoms with Crippen molar-refractivity contribution in [3.63, 3.8) is 0 Å². The lowest BCUT2D eigenvalue weighted by atomic mass is 9.64. The second-order valence-corrected chi connectivity index (χ2v) is 10.6. The molecule has 0 aromatic rings. The van der Waals surface area contributed by atoms with E-state index >= 15 is 0 Å². The van der Waals surface area contributed by atoms with Gasteiger partial charge in [-0.2, -0.15) is 0 Å². The van der Waals surface area contributed by atoms with Gasteiger partial charge in [0.1, 0.15) is 0 Å². The highest BCUT2D eigenvalue weighted by Crippen LogP contribution is 2.57. The van der Waals surface area contributed by atoms with Crippen LogP contribution in [0.2, 0.25) is 0 Å². The first-order chi connectivity index (χ1) is 13.2. The Labute approximate surface area is 172 Å². The van der Waals surface area contributed by atoms with Crippen LogP contribution in [-0.4, -0.2) is 21.9 Å². The molecule has 1 saturated carbocycles. The summed E-state index contributed by atoms with van der Waals surface area (Å²) in [6.45, 7) is 8.49. The fraction of sp³-hybridized carbons (Fsp3) is 0.769. The van der Waals surface area contributed by atoms with Crippen LogP contribution in [0.1, 0.15) is 98.3 Å². The fourth-order valence-corrected chi connectivity index (χ4v) is 6.06. The molecule has 28 heavy (non-hydrogen) atoms. The van der Waals surface area contributed by atoms with E-state index in [1.165, 1.54) is 49.7 Å². The van der Waals surface area contributed by atoms with E-state index in [2.05, 4.69) is 32.1 Å². The first-order valence-corrected chi connectivity index (χ1v) is 11.7. The molecule has 0 bridgehead atoms. The van der Waals surface area contributed by atoms with Crippen LogP contribution >= 0.6 is 0 Å². The van der Waals surface area contributed by atoms with E-state index in [0.717, 1.165) is 38.0 Å². The molecule has 3 aliphatic carbocycles. The Morgan fingerprint density at radius 1 is 1.18 bits per heavy atom. The first-order valence-electron chi connectivity index (χ1n) is 11.7. The second kappa shape index (κ2) is 8.88. The standard InChI is InChI=1S/C26H42O2/c1-19-20(9-7-12-24(19)27)13-14-21-10-8-18-26(4)22(15-16-23(21)26)11-5-6-17-25(2,3)28/h10,13-14,22-24,27-28H,5-9,11-12,15-18H2,1-4H3/b14-13+/t22?,23?,24?,26-/m1/s1. The van der Waals surface area contributed by atoms with Crippen LogP contribution in [0.4, 0.5) is 0 Å². The van der Waals surface area contributed by atoms with Gasteiger partial charge in [-0.05, 0) is 113 Å². The molecular formula is C26H42O2. The maximum Gasteiger partial charge on any atom is 0.0753 e. The molecule has 2 heteroatoms. The average Bonchev–Trinajstić information content (AvgIpc) is 2.96. The summed E-state index contributed by atoms with van der Waals surface area (Å²) in [5, 5.41) is 20.1. The molecular weight excluding hydrogens is 344 g/mol. The van der Waals surface area contributed by atoms with Gasteiger partial charge in [-0.1, -0.05) is 38.0 Å². The van der Waals surface area contributed by atoms with Gasteiger partial charge >= 0.3 is 0 Å². The molecule has 3 rings (SSSR count). The number of allylic oxidation sites excluding steroid dienone is 5. The lowest BCUT2D eigenvalue weighted by Gasteiger charge is -2.41. The monoisotopic (exact) mass is 386 g/mol.